The lowest BCUT2D eigenvalue weighted by Crippen LogP contribution is -2.46. The van der Waals surface area contributed by atoms with E-state index in [-0.39, 0.29) is 11.7 Å². The van der Waals surface area contributed by atoms with Crippen LogP contribution in [0.2, 0.25) is 0 Å². The summed E-state index contributed by atoms with van der Waals surface area (Å²) >= 11 is 1.55. The first-order valence-corrected chi connectivity index (χ1v) is 13.8. The lowest BCUT2D eigenvalue weighted by Gasteiger charge is -2.35. The molecular formula is C28H31FN4O2S. The van der Waals surface area contributed by atoms with Crippen molar-refractivity contribution in [2.75, 3.05) is 32.7 Å². The van der Waals surface area contributed by atoms with E-state index in [1.54, 1.807) is 17.4 Å². The van der Waals surface area contributed by atoms with E-state index >= 15 is 0 Å². The van der Waals surface area contributed by atoms with Gasteiger partial charge in [-0.25, -0.2) is 9.40 Å². The molecule has 4 heterocycles. The molecule has 2 aromatic heterocycles. The highest BCUT2D eigenvalue weighted by atomic mass is 32.1. The summed E-state index contributed by atoms with van der Waals surface area (Å²) in [5.74, 6) is 0.794. The van der Waals surface area contributed by atoms with Crippen molar-refractivity contribution >= 4 is 38.3 Å². The van der Waals surface area contributed by atoms with Crippen molar-refractivity contribution in [2.45, 2.75) is 38.0 Å². The van der Waals surface area contributed by atoms with Gasteiger partial charge in [-0.2, -0.15) is 0 Å². The number of nitrogens with zero attached hydrogens (tertiary/aromatic N) is 3. The molecule has 2 aliphatic rings. The number of nitrogens with one attached hydrogen (secondary N) is 1. The maximum atomic E-state index is 13.4. The highest BCUT2D eigenvalue weighted by Gasteiger charge is 2.27. The van der Waals surface area contributed by atoms with Crippen LogP contribution in [0.1, 0.15) is 53.4 Å². The number of rotatable bonds is 6. The molecule has 2 saturated heterocycles. The summed E-state index contributed by atoms with van der Waals surface area (Å²) in [6.07, 6.45) is 5.55. The predicted octanol–water partition coefficient (Wildman–Crippen LogP) is 5.81. The molecule has 0 bridgehead atoms. The first-order chi connectivity index (χ1) is 17.6. The summed E-state index contributed by atoms with van der Waals surface area (Å²) in [7, 11) is 0. The molecule has 4 aromatic rings. The zero-order valence-corrected chi connectivity index (χ0v) is 21.1. The summed E-state index contributed by atoms with van der Waals surface area (Å²) in [4.78, 5) is 16.1. The molecule has 2 fully saturated rings. The number of piperidine rings is 2. The smallest absolute Gasteiger partial charge is 0.275 e. The number of carbonyl (C=O) groups is 1. The number of fused-ring (bicyclic) bond motifs is 2. The van der Waals surface area contributed by atoms with Gasteiger partial charge < -0.3 is 9.42 Å². The van der Waals surface area contributed by atoms with Crippen LogP contribution in [-0.2, 0) is 0 Å². The molecule has 0 spiro atoms. The van der Waals surface area contributed by atoms with E-state index in [1.807, 2.05) is 18.2 Å². The van der Waals surface area contributed by atoms with Gasteiger partial charge in [-0.05, 0) is 87.3 Å². The number of carbonyl (C=O) groups excluding carboxylic acids is 1. The average molecular weight is 507 g/mol. The van der Waals surface area contributed by atoms with Crippen LogP contribution >= 0.6 is 11.3 Å². The van der Waals surface area contributed by atoms with Gasteiger partial charge >= 0.3 is 0 Å². The van der Waals surface area contributed by atoms with Crippen molar-refractivity contribution < 1.29 is 13.7 Å². The van der Waals surface area contributed by atoms with Gasteiger partial charge in [0, 0.05) is 35.2 Å². The summed E-state index contributed by atoms with van der Waals surface area (Å²) in [6, 6.07) is 14.8. The molecule has 6 nitrogen and oxygen atoms in total. The van der Waals surface area contributed by atoms with Crippen molar-refractivity contribution in [3.63, 3.8) is 0 Å². The van der Waals surface area contributed by atoms with Gasteiger partial charge in [0.1, 0.15) is 5.82 Å². The number of hydrogen-bond donors (Lipinski definition) is 1. The Morgan fingerprint density at radius 1 is 1.06 bits per heavy atom. The third kappa shape index (κ3) is 5.03. The number of likely N-dealkylation sites (tertiary alicyclic amines) is 1. The molecule has 0 atom stereocenters. The van der Waals surface area contributed by atoms with Crippen LogP contribution in [0.4, 0.5) is 4.39 Å². The highest BCUT2D eigenvalue weighted by molar-refractivity contribution is 7.20. The van der Waals surface area contributed by atoms with E-state index in [0.717, 1.165) is 84.5 Å². The molecule has 0 aliphatic carbocycles. The van der Waals surface area contributed by atoms with E-state index in [4.69, 9.17) is 4.52 Å². The highest BCUT2D eigenvalue weighted by Crippen LogP contribution is 2.33. The van der Waals surface area contributed by atoms with Crippen LogP contribution in [0.25, 0.3) is 21.1 Å². The maximum absolute atomic E-state index is 13.4. The van der Waals surface area contributed by atoms with Gasteiger partial charge in [0.2, 0.25) is 0 Å². The van der Waals surface area contributed by atoms with E-state index in [0.29, 0.717) is 17.4 Å². The van der Waals surface area contributed by atoms with E-state index in [9.17, 15) is 9.18 Å². The first kappa shape index (κ1) is 23.6. The Morgan fingerprint density at radius 2 is 1.86 bits per heavy atom. The van der Waals surface area contributed by atoms with Crippen LogP contribution in [0.5, 0.6) is 0 Å². The van der Waals surface area contributed by atoms with Crippen LogP contribution in [0.15, 0.2) is 53.1 Å². The summed E-state index contributed by atoms with van der Waals surface area (Å²) in [6.45, 7) is 5.05. The monoisotopic (exact) mass is 506 g/mol. The van der Waals surface area contributed by atoms with Crippen molar-refractivity contribution in [1.29, 1.82) is 0 Å². The van der Waals surface area contributed by atoms with Gasteiger partial charge in [0.25, 0.3) is 5.91 Å². The molecule has 6 rings (SSSR count). The maximum Gasteiger partial charge on any atom is 0.275 e. The molecule has 0 unspecified atom stereocenters. The number of aromatic nitrogens is 1. The zero-order chi connectivity index (χ0) is 24.5. The molecule has 1 N–H and O–H groups in total. The van der Waals surface area contributed by atoms with Crippen LogP contribution in [0, 0.1) is 11.7 Å². The minimum absolute atomic E-state index is 0.00236. The van der Waals surface area contributed by atoms with Gasteiger partial charge in [-0.1, -0.05) is 23.4 Å². The molecule has 2 aromatic carbocycles. The topological polar surface area (TPSA) is 61.6 Å². The number of hydrazine groups is 1. The fourth-order valence-electron chi connectivity index (χ4n) is 5.65. The fourth-order valence-corrected chi connectivity index (χ4v) is 6.60. The minimum Gasteiger partial charge on any atom is -0.356 e. The van der Waals surface area contributed by atoms with Crippen molar-refractivity contribution in [3.05, 3.63) is 64.9 Å². The van der Waals surface area contributed by atoms with E-state index in [2.05, 4.69) is 32.6 Å². The third-order valence-electron chi connectivity index (χ3n) is 7.81. The quantitative estimate of drug-likeness (QED) is 0.358. The molecule has 0 radical (unpaired) electrons. The van der Waals surface area contributed by atoms with Crippen molar-refractivity contribution in [3.8, 4) is 0 Å². The van der Waals surface area contributed by atoms with E-state index < -0.39 is 0 Å². The van der Waals surface area contributed by atoms with Gasteiger partial charge in [0.15, 0.2) is 5.58 Å². The average Bonchev–Trinajstić information content (AvgIpc) is 3.53. The number of halogens is 1. The fraction of sp³-hybridized carbons (Fsp3) is 0.429. The van der Waals surface area contributed by atoms with Crippen molar-refractivity contribution in [1.82, 2.24) is 20.5 Å². The second-order valence-electron chi connectivity index (χ2n) is 10.1. The first-order valence-electron chi connectivity index (χ1n) is 12.9. The minimum atomic E-state index is -0.288. The normalized spacial score (nSPS) is 18.8. The second-order valence-corrected chi connectivity index (χ2v) is 11.2. The molecule has 8 heteroatoms. The van der Waals surface area contributed by atoms with Crippen LogP contribution in [-0.4, -0.2) is 53.7 Å². The Balaban J connectivity index is 0.932. The van der Waals surface area contributed by atoms with E-state index in [1.165, 1.54) is 18.6 Å². The van der Waals surface area contributed by atoms with Crippen LogP contribution in [0.3, 0.4) is 0 Å². The predicted molar refractivity (Wildman–Crippen MR) is 141 cm³/mol. The van der Waals surface area contributed by atoms with Gasteiger partial charge in [-0.15, -0.1) is 11.3 Å². The molecule has 0 saturated carbocycles. The summed E-state index contributed by atoms with van der Waals surface area (Å²) < 4.78 is 20.0. The molecule has 188 valence electrons. The standard InChI is InChI=1S/C28H31FN4O2S/c29-22-5-6-23-24(18-22)35-31-27(23)20-10-13-32(14-11-20)12-7-19-8-15-33(16-9-19)30-28(34)26-17-21-3-1-2-4-25(21)36-26/h1-6,17-20H,7-16H2,(H,30,34). The third-order valence-corrected chi connectivity index (χ3v) is 8.93. The molecular weight excluding hydrogens is 475 g/mol. The number of hydrogen-bond acceptors (Lipinski definition) is 6. The lowest BCUT2D eigenvalue weighted by molar-refractivity contribution is 0.0688. The molecule has 2 aliphatic heterocycles. The Hall–Kier alpha value is -2.81. The van der Waals surface area contributed by atoms with Crippen LogP contribution < -0.4 is 5.43 Å². The van der Waals surface area contributed by atoms with Crippen molar-refractivity contribution in [2.24, 2.45) is 5.92 Å². The van der Waals surface area contributed by atoms with Gasteiger partial charge in [-0.3, -0.25) is 10.2 Å². The van der Waals surface area contributed by atoms with Gasteiger partial charge in [0.05, 0.1) is 10.6 Å². The molecule has 36 heavy (non-hydrogen) atoms. The lowest BCUT2D eigenvalue weighted by atomic mass is 9.90. The number of thiophene rings is 1. The summed E-state index contributed by atoms with van der Waals surface area (Å²) in [5.41, 5.74) is 4.64. The summed E-state index contributed by atoms with van der Waals surface area (Å²) in [5, 5.41) is 8.42. The SMILES string of the molecule is O=C(NN1CCC(CCN2CCC(c3noc4cc(F)ccc34)CC2)CC1)c1cc2ccccc2s1. The largest absolute Gasteiger partial charge is 0.356 e. The Kier molecular flexibility index (Phi) is 6.73. The Morgan fingerprint density at radius 3 is 2.67 bits per heavy atom. The number of benzene rings is 2. The molecule has 1 amide bonds. The second kappa shape index (κ2) is 10.3. The Labute approximate surface area is 214 Å². The zero-order valence-electron chi connectivity index (χ0n) is 20.3. The number of amides is 1. The Bertz CT molecular complexity index is 1320.